The lowest BCUT2D eigenvalue weighted by Crippen LogP contribution is -1.99. The van der Waals surface area contributed by atoms with Crippen LogP contribution in [0, 0.1) is 6.92 Å². The minimum absolute atomic E-state index is 0.0706. The first-order valence-electron chi connectivity index (χ1n) is 4.41. The molecule has 1 N–H and O–H groups in total. The van der Waals surface area contributed by atoms with Crippen molar-refractivity contribution in [2.24, 2.45) is 0 Å². The average molecular weight is 210 g/mol. The second-order valence-electron chi connectivity index (χ2n) is 3.29. The predicted molar refractivity (Wildman–Crippen MR) is 59.0 cm³/mol. The van der Waals surface area contributed by atoms with Crippen molar-refractivity contribution in [2.75, 3.05) is 6.26 Å². The molecule has 0 unspecified atom stereocenters. The van der Waals surface area contributed by atoms with Crippen LogP contribution in [0.5, 0.6) is 5.75 Å². The van der Waals surface area contributed by atoms with Gasteiger partial charge in [0.15, 0.2) is 0 Å². The SMILES string of the molecule is CSc1ccc(C)c(O)c1CC(C)=O. The van der Waals surface area contributed by atoms with Crippen LogP contribution in [0.25, 0.3) is 0 Å². The molecule has 0 amide bonds. The zero-order valence-corrected chi connectivity index (χ0v) is 9.44. The Morgan fingerprint density at radius 2 is 2.14 bits per heavy atom. The second kappa shape index (κ2) is 4.51. The van der Waals surface area contributed by atoms with E-state index in [1.54, 1.807) is 11.8 Å². The zero-order chi connectivity index (χ0) is 10.7. The molecule has 1 rings (SSSR count). The number of benzene rings is 1. The first-order chi connectivity index (χ1) is 6.56. The van der Waals surface area contributed by atoms with E-state index >= 15 is 0 Å². The fraction of sp³-hybridized carbons (Fsp3) is 0.364. The van der Waals surface area contributed by atoms with Crippen molar-refractivity contribution in [1.82, 2.24) is 0 Å². The summed E-state index contributed by atoms with van der Waals surface area (Å²) in [4.78, 5) is 12.0. The lowest BCUT2D eigenvalue weighted by Gasteiger charge is -2.10. The summed E-state index contributed by atoms with van der Waals surface area (Å²) in [6, 6.07) is 3.81. The topological polar surface area (TPSA) is 37.3 Å². The van der Waals surface area contributed by atoms with Crippen LogP contribution >= 0.6 is 11.8 Å². The highest BCUT2D eigenvalue weighted by molar-refractivity contribution is 7.98. The van der Waals surface area contributed by atoms with E-state index in [4.69, 9.17) is 0 Å². The number of thioether (sulfide) groups is 1. The molecule has 0 atom stereocenters. The third-order valence-electron chi connectivity index (χ3n) is 2.09. The maximum Gasteiger partial charge on any atom is 0.134 e. The van der Waals surface area contributed by atoms with Crippen molar-refractivity contribution in [2.45, 2.75) is 25.2 Å². The number of hydrogen-bond acceptors (Lipinski definition) is 3. The molecule has 0 radical (unpaired) electrons. The van der Waals surface area contributed by atoms with Crippen LogP contribution in [0.15, 0.2) is 17.0 Å². The number of phenolic OH excluding ortho intramolecular Hbond substituents is 1. The van der Waals surface area contributed by atoms with Gasteiger partial charge in [-0.05, 0) is 31.7 Å². The van der Waals surface area contributed by atoms with Gasteiger partial charge in [0.05, 0.1) is 0 Å². The maximum absolute atomic E-state index is 11.0. The molecule has 2 nitrogen and oxygen atoms in total. The summed E-state index contributed by atoms with van der Waals surface area (Å²) in [5.41, 5.74) is 1.57. The lowest BCUT2D eigenvalue weighted by molar-refractivity contribution is -0.116. The predicted octanol–water partition coefficient (Wildman–Crippen LogP) is 2.55. The molecule has 0 aliphatic heterocycles. The molecule has 0 fully saturated rings. The number of aryl methyl sites for hydroxylation is 1. The van der Waals surface area contributed by atoms with Gasteiger partial charge in [0.1, 0.15) is 11.5 Å². The highest BCUT2D eigenvalue weighted by atomic mass is 32.2. The van der Waals surface area contributed by atoms with E-state index in [1.807, 2.05) is 25.3 Å². The Hall–Kier alpha value is -0.960. The fourth-order valence-electron chi connectivity index (χ4n) is 1.35. The number of rotatable bonds is 3. The van der Waals surface area contributed by atoms with Crippen LogP contribution in [-0.4, -0.2) is 17.1 Å². The summed E-state index contributed by atoms with van der Waals surface area (Å²) in [6.45, 7) is 3.37. The van der Waals surface area contributed by atoms with Crippen LogP contribution in [0.1, 0.15) is 18.1 Å². The van der Waals surface area contributed by atoms with E-state index < -0.39 is 0 Å². The molecule has 0 saturated heterocycles. The minimum atomic E-state index is 0.0706. The highest BCUT2D eigenvalue weighted by Gasteiger charge is 2.11. The van der Waals surface area contributed by atoms with Crippen LogP contribution in [0.2, 0.25) is 0 Å². The standard InChI is InChI=1S/C11H14O2S/c1-7-4-5-10(14-3)9(11(7)13)6-8(2)12/h4-5,13H,6H2,1-3H3. The molecule has 1 aromatic carbocycles. The monoisotopic (exact) mass is 210 g/mol. The smallest absolute Gasteiger partial charge is 0.134 e. The van der Waals surface area contributed by atoms with Gasteiger partial charge in [-0.15, -0.1) is 11.8 Å². The Kier molecular flexibility index (Phi) is 3.58. The van der Waals surface area contributed by atoms with Crippen LogP contribution in [-0.2, 0) is 11.2 Å². The lowest BCUT2D eigenvalue weighted by atomic mass is 10.1. The highest BCUT2D eigenvalue weighted by Crippen LogP contribution is 2.31. The summed E-state index contributed by atoms with van der Waals surface area (Å²) in [7, 11) is 0. The molecule has 76 valence electrons. The number of hydrogen-bond donors (Lipinski definition) is 1. The summed E-state index contributed by atoms with van der Waals surface area (Å²) in [5.74, 6) is 0.327. The zero-order valence-electron chi connectivity index (χ0n) is 8.63. The summed E-state index contributed by atoms with van der Waals surface area (Å²) >= 11 is 1.55. The van der Waals surface area contributed by atoms with E-state index in [2.05, 4.69) is 0 Å². The number of phenols is 1. The van der Waals surface area contributed by atoms with Gasteiger partial charge in [0.25, 0.3) is 0 Å². The van der Waals surface area contributed by atoms with Crippen LogP contribution in [0.4, 0.5) is 0 Å². The number of carbonyl (C=O) groups excluding carboxylic acids is 1. The van der Waals surface area contributed by atoms with Crippen LogP contribution in [0.3, 0.4) is 0 Å². The Bertz CT molecular complexity index is 359. The van der Waals surface area contributed by atoms with Gasteiger partial charge in [-0.2, -0.15) is 0 Å². The van der Waals surface area contributed by atoms with Crippen molar-refractivity contribution in [1.29, 1.82) is 0 Å². The van der Waals surface area contributed by atoms with E-state index in [1.165, 1.54) is 6.92 Å². The molecular formula is C11H14O2S. The van der Waals surface area contributed by atoms with Crippen molar-refractivity contribution >= 4 is 17.5 Å². The summed E-state index contributed by atoms with van der Waals surface area (Å²) in [5, 5.41) is 9.79. The third-order valence-corrected chi connectivity index (χ3v) is 2.91. The molecule has 0 saturated carbocycles. The largest absolute Gasteiger partial charge is 0.507 e. The minimum Gasteiger partial charge on any atom is -0.507 e. The number of carbonyl (C=O) groups is 1. The normalized spacial score (nSPS) is 10.2. The Labute approximate surface area is 88.3 Å². The third kappa shape index (κ3) is 2.29. The molecule has 0 aliphatic carbocycles. The number of ketones is 1. The van der Waals surface area contributed by atoms with Gasteiger partial charge in [-0.1, -0.05) is 6.07 Å². The molecular weight excluding hydrogens is 196 g/mol. The molecule has 0 aromatic heterocycles. The van der Waals surface area contributed by atoms with E-state index in [0.29, 0.717) is 6.42 Å². The fourth-order valence-corrected chi connectivity index (χ4v) is 1.97. The molecule has 1 aromatic rings. The second-order valence-corrected chi connectivity index (χ2v) is 4.14. The molecule has 0 aliphatic rings. The van der Waals surface area contributed by atoms with Gasteiger partial charge in [0.2, 0.25) is 0 Å². The molecule has 14 heavy (non-hydrogen) atoms. The molecule has 0 spiro atoms. The van der Waals surface area contributed by atoms with Crippen molar-refractivity contribution in [3.05, 3.63) is 23.3 Å². The Morgan fingerprint density at radius 3 is 2.64 bits per heavy atom. The Balaban J connectivity index is 3.20. The van der Waals surface area contributed by atoms with Gasteiger partial charge >= 0.3 is 0 Å². The Morgan fingerprint density at radius 1 is 1.50 bits per heavy atom. The summed E-state index contributed by atoms with van der Waals surface area (Å²) in [6.07, 6.45) is 2.25. The molecule has 0 heterocycles. The van der Waals surface area contributed by atoms with Crippen molar-refractivity contribution < 1.29 is 9.90 Å². The van der Waals surface area contributed by atoms with Gasteiger partial charge < -0.3 is 5.11 Å². The summed E-state index contributed by atoms with van der Waals surface area (Å²) < 4.78 is 0. The number of Topliss-reactive ketones (excluding diaryl/α,β-unsaturated/α-hetero) is 1. The average Bonchev–Trinajstić information content (AvgIpc) is 2.13. The van der Waals surface area contributed by atoms with Crippen molar-refractivity contribution in [3.63, 3.8) is 0 Å². The van der Waals surface area contributed by atoms with Gasteiger partial charge in [-0.3, -0.25) is 4.79 Å². The molecule has 0 bridgehead atoms. The van der Waals surface area contributed by atoms with E-state index in [-0.39, 0.29) is 11.5 Å². The first-order valence-corrected chi connectivity index (χ1v) is 5.63. The van der Waals surface area contributed by atoms with E-state index in [9.17, 15) is 9.90 Å². The quantitative estimate of drug-likeness (QED) is 0.779. The number of aromatic hydroxyl groups is 1. The van der Waals surface area contributed by atoms with Gasteiger partial charge in [0, 0.05) is 16.9 Å². The first kappa shape index (κ1) is 11.1. The maximum atomic E-state index is 11.0. The molecule has 3 heteroatoms. The van der Waals surface area contributed by atoms with E-state index in [0.717, 1.165) is 16.0 Å². The van der Waals surface area contributed by atoms with Gasteiger partial charge in [-0.25, -0.2) is 0 Å². The van der Waals surface area contributed by atoms with Crippen molar-refractivity contribution in [3.8, 4) is 5.75 Å². The van der Waals surface area contributed by atoms with Crippen LogP contribution < -0.4 is 0 Å².